The van der Waals surface area contributed by atoms with Gasteiger partial charge in [0.05, 0.1) is 12.8 Å². The van der Waals surface area contributed by atoms with Crippen LogP contribution in [0.2, 0.25) is 0 Å². The Balaban J connectivity index is 1.65. The zero-order valence-corrected chi connectivity index (χ0v) is 15.5. The molecule has 0 bridgehead atoms. The van der Waals surface area contributed by atoms with Gasteiger partial charge in [-0.3, -0.25) is 9.36 Å². The van der Waals surface area contributed by atoms with Gasteiger partial charge in [0.2, 0.25) is 5.91 Å². The normalized spacial score (nSPS) is 10.5. The number of hydrogen-bond donors (Lipinski definition) is 1. The van der Waals surface area contributed by atoms with Gasteiger partial charge in [0.25, 0.3) is 0 Å². The molecule has 0 spiro atoms. The van der Waals surface area contributed by atoms with E-state index in [0.29, 0.717) is 0 Å². The second kappa shape index (κ2) is 8.53. The van der Waals surface area contributed by atoms with Crippen molar-refractivity contribution < 1.29 is 9.53 Å². The van der Waals surface area contributed by atoms with Crippen LogP contribution in [0, 0.1) is 0 Å². The Hall–Kier alpha value is -2.80. The average Bonchev–Trinajstić information content (AvgIpc) is 3.10. The number of thioether (sulfide) groups is 1. The van der Waals surface area contributed by atoms with Gasteiger partial charge in [0, 0.05) is 18.4 Å². The van der Waals surface area contributed by atoms with Crippen LogP contribution < -0.4 is 10.1 Å². The van der Waals surface area contributed by atoms with Gasteiger partial charge in [-0.2, -0.15) is 0 Å². The predicted molar refractivity (Wildman–Crippen MR) is 103 cm³/mol. The van der Waals surface area contributed by atoms with E-state index in [0.717, 1.165) is 34.5 Å². The molecule has 0 saturated carbocycles. The van der Waals surface area contributed by atoms with Crippen molar-refractivity contribution >= 4 is 23.4 Å². The fourth-order valence-electron chi connectivity index (χ4n) is 2.49. The van der Waals surface area contributed by atoms with Crippen LogP contribution in [0.3, 0.4) is 0 Å². The topological polar surface area (TPSA) is 69.0 Å². The largest absolute Gasteiger partial charge is 0.497 e. The van der Waals surface area contributed by atoms with Crippen LogP contribution >= 0.6 is 11.8 Å². The number of aryl methyl sites for hydroxylation is 1. The van der Waals surface area contributed by atoms with Gasteiger partial charge in [0.15, 0.2) is 5.16 Å². The number of hydrogen-bond acceptors (Lipinski definition) is 5. The first kappa shape index (κ1) is 18.0. The third-order valence-electron chi connectivity index (χ3n) is 3.74. The van der Waals surface area contributed by atoms with E-state index in [1.807, 2.05) is 41.0 Å². The first-order valence-electron chi connectivity index (χ1n) is 8.19. The molecule has 6 nitrogen and oxygen atoms in total. The zero-order chi connectivity index (χ0) is 18.4. The van der Waals surface area contributed by atoms with Crippen LogP contribution in [0.15, 0.2) is 60.0 Å². The molecular formula is C19H20N4O2S. The Morgan fingerprint density at radius 2 is 2.04 bits per heavy atom. The molecule has 1 aromatic heterocycles. The highest BCUT2D eigenvalue weighted by Crippen LogP contribution is 2.23. The summed E-state index contributed by atoms with van der Waals surface area (Å²) in [6, 6.07) is 15.7. The van der Waals surface area contributed by atoms with Gasteiger partial charge in [-0.15, -0.1) is 10.2 Å². The SMILES string of the molecule is COc1ccc(CCSc2nncn2-c2cccc(NC(C)=O)c2)cc1. The Morgan fingerprint density at radius 3 is 2.77 bits per heavy atom. The summed E-state index contributed by atoms with van der Waals surface area (Å²) in [5.74, 6) is 1.65. The quantitative estimate of drug-likeness (QED) is 0.646. The van der Waals surface area contributed by atoms with Crippen molar-refractivity contribution in [2.45, 2.75) is 18.5 Å². The number of nitrogens with zero attached hydrogens (tertiary/aromatic N) is 3. The molecule has 0 aliphatic heterocycles. The summed E-state index contributed by atoms with van der Waals surface area (Å²) in [4.78, 5) is 11.2. The van der Waals surface area contributed by atoms with Crippen molar-refractivity contribution in [2.75, 3.05) is 18.2 Å². The van der Waals surface area contributed by atoms with Crippen molar-refractivity contribution in [1.29, 1.82) is 0 Å². The lowest BCUT2D eigenvalue weighted by atomic mass is 10.2. The number of aromatic nitrogens is 3. The highest BCUT2D eigenvalue weighted by atomic mass is 32.2. The van der Waals surface area contributed by atoms with E-state index in [-0.39, 0.29) is 5.91 Å². The maximum Gasteiger partial charge on any atom is 0.221 e. The minimum absolute atomic E-state index is 0.0972. The summed E-state index contributed by atoms with van der Waals surface area (Å²) in [5, 5.41) is 11.8. The molecule has 0 saturated heterocycles. The number of nitrogens with one attached hydrogen (secondary N) is 1. The van der Waals surface area contributed by atoms with Gasteiger partial charge in [0.1, 0.15) is 12.1 Å². The maximum atomic E-state index is 11.2. The number of amides is 1. The van der Waals surface area contributed by atoms with Crippen molar-refractivity contribution in [3.8, 4) is 11.4 Å². The number of anilines is 1. The molecule has 1 N–H and O–H groups in total. The molecule has 7 heteroatoms. The molecule has 0 aliphatic carbocycles. The summed E-state index contributed by atoms with van der Waals surface area (Å²) in [6.45, 7) is 1.49. The van der Waals surface area contributed by atoms with E-state index in [1.54, 1.807) is 25.2 Å². The Kier molecular flexibility index (Phi) is 5.91. The number of rotatable bonds is 7. The molecule has 134 valence electrons. The summed E-state index contributed by atoms with van der Waals surface area (Å²) in [5.41, 5.74) is 2.91. The number of carbonyl (C=O) groups excluding carboxylic acids is 1. The second-order valence-electron chi connectivity index (χ2n) is 5.66. The van der Waals surface area contributed by atoms with Crippen LogP contribution in [0.25, 0.3) is 5.69 Å². The molecule has 3 aromatic rings. The summed E-state index contributed by atoms with van der Waals surface area (Å²) in [7, 11) is 1.67. The lowest BCUT2D eigenvalue weighted by Crippen LogP contribution is -2.06. The minimum atomic E-state index is -0.0972. The molecular weight excluding hydrogens is 348 g/mol. The molecule has 1 heterocycles. The van der Waals surface area contributed by atoms with Crippen LogP contribution in [0.4, 0.5) is 5.69 Å². The third-order valence-corrected chi connectivity index (χ3v) is 4.69. The van der Waals surface area contributed by atoms with E-state index >= 15 is 0 Å². The van der Waals surface area contributed by atoms with Crippen molar-refractivity contribution in [3.05, 3.63) is 60.4 Å². The molecule has 3 rings (SSSR count). The van der Waals surface area contributed by atoms with Crippen LogP contribution in [-0.2, 0) is 11.2 Å². The Labute approximate surface area is 156 Å². The van der Waals surface area contributed by atoms with Gasteiger partial charge >= 0.3 is 0 Å². The lowest BCUT2D eigenvalue weighted by Gasteiger charge is -2.09. The van der Waals surface area contributed by atoms with Gasteiger partial charge in [-0.25, -0.2) is 0 Å². The third kappa shape index (κ3) is 4.64. The Bertz CT molecular complexity index is 877. The zero-order valence-electron chi connectivity index (χ0n) is 14.7. The van der Waals surface area contributed by atoms with Gasteiger partial charge in [-0.1, -0.05) is 30.0 Å². The van der Waals surface area contributed by atoms with E-state index in [9.17, 15) is 4.79 Å². The van der Waals surface area contributed by atoms with Crippen molar-refractivity contribution in [1.82, 2.24) is 14.8 Å². The minimum Gasteiger partial charge on any atom is -0.497 e. The maximum absolute atomic E-state index is 11.2. The number of methoxy groups -OCH3 is 1. The van der Waals surface area contributed by atoms with E-state index in [2.05, 4.69) is 27.6 Å². The van der Waals surface area contributed by atoms with Crippen LogP contribution in [0.5, 0.6) is 5.75 Å². The Morgan fingerprint density at radius 1 is 1.23 bits per heavy atom. The van der Waals surface area contributed by atoms with E-state index in [1.165, 1.54) is 12.5 Å². The van der Waals surface area contributed by atoms with Crippen molar-refractivity contribution in [2.24, 2.45) is 0 Å². The monoisotopic (exact) mass is 368 g/mol. The highest BCUT2D eigenvalue weighted by Gasteiger charge is 2.08. The summed E-state index contributed by atoms with van der Waals surface area (Å²) in [6.07, 6.45) is 2.61. The second-order valence-corrected chi connectivity index (χ2v) is 6.72. The molecule has 0 radical (unpaired) electrons. The standard InChI is InChI=1S/C19H20N4O2S/c1-14(24)21-16-4-3-5-17(12-16)23-13-20-22-19(23)26-11-10-15-6-8-18(25-2)9-7-15/h3-9,12-13H,10-11H2,1-2H3,(H,21,24). The highest BCUT2D eigenvalue weighted by molar-refractivity contribution is 7.99. The molecule has 0 unspecified atom stereocenters. The van der Waals surface area contributed by atoms with Crippen molar-refractivity contribution in [3.63, 3.8) is 0 Å². The fraction of sp³-hybridized carbons (Fsp3) is 0.211. The summed E-state index contributed by atoms with van der Waals surface area (Å²) >= 11 is 1.64. The smallest absolute Gasteiger partial charge is 0.221 e. The predicted octanol–water partition coefficient (Wildman–Crippen LogP) is 3.57. The van der Waals surface area contributed by atoms with Crippen LogP contribution in [-0.4, -0.2) is 33.5 Å². The summed E-state index contributed by atoms with van der Waals surface area (Å²) < 4.78 is 7.10. The molecule has 26 heavy (non-hydrogen) atoms. The molecule has 2 aromatic carbocycles. The van der Waals surface area contributed by atoms with E-state index < -0.39 is 0 Å². The first-order chi connectivity index (χ1) is 12.7. The van der Waals surface area contributed by atoms with E-state index in [4.69, 9.17) is 4.74 Å². The van der Waals surface area contributed by atoms with Gasteiger partial charge < -0.3 is 10.1 Å². The van der Waals surface area contributed by atoms with Crippen LogP contribution in [0.1, 0.15) is 12.5 Å². The fourth-order valence-corrected chi connectivity index (χ4v) is 3.41. The molecule has 1 amide bonds. The number of ether oxygens (including phenoxy) is 1. The molecule has 0 atom stereocenters. The molecule has 0 fully saturated rings. The lowest BCUT2D eigenvalue weighted by molar-refractivity contribution is -0.114. The number of benzene rings is 2. The van der Waals surface area contributed by atoms with Gasteiger partial charge in [-0.05, 0) is 42.3 Å². The number of carbonyl (C=O) groups is 1. The molecule has 0 aliphatic rings. The first-order valence-corrected chi connectivity index (χ1v) is 9.18. The average molecular weight is 368 g/mol.